The molecule has 35 heavy (non-hydrogen) atoms. The van der Waals surface area contributed by atoms with Crippen LogP contribution in [-0.4, -0.2) is 57.0 Å². The maximum Gasteiger partial charge on any atom is 0.0977 e. The third-order valence-electron chi connectivity index (χ3n) is 10.5. The van der Waals surface area contributed by atoms with Crippen LogP contribution in [-0.2, 0) is 4.74 Å². The minimum absolute atomic E-state index is 0.0692. The lowest BCUT2D eigenvalue weighted by molar-refractivity contribution is -0.160. The van der Waals surface area contributed by atoms with Gasteiger partial charge in [0.05, 0.1) is 23.4 Å². The van der Waals surface area contributed by atoms with Gasteiger partial charge in [-0.1, -0.05) is 51.3 Å². The zero-order valence-corrected chi connectivity index (χ0v) is 22.7. The maximum absolute atomic E-state index is 12.3. The lowest BCUT2D eigenvalue weighted by Gasteiger charge is -2.57. The molecule has 4 N–H and O–H groups in total. The van der Waals surface area contributed by atoms with E-state index in [1.807, 2.05) is 20.8 Å². The van der Waals surface area contributed by atoms with E-state index in [1.165, 1.54) is 18.4 Å². The minimum Gasteiger partial charge on any atom is -0.396 e. The average Bonchev–Trinajstić information content (AvgIpc) is 3.14. The number of hydrogen-bond acceptors (Lipinski definition) is 5. The van der Waals surface area contributed by atoms with Crippen molar-refractivity contribution in [1.82, 2.24) is 0 Å². The number of aliphatic hydroxyl groups is 4. The fraction of sp³-hybridized carbons (Fsp3) is 0.867. The summed E-state index contributed by atoms with van der Waals surface area (Å²) in [6.07, 6.45) is 12.0. The Kier molecular flexibility index (Phi) is 7.97. The molecule has 4 aliphatic carbocycles. The van der Waals surface area contributed by atoms with E-state index in [0.717, 1.165) is 37.7 Å². The topological polar surface area (TPSA) is 90.2 Å². The van der Waals surface area contributed by atoms with Crippen molar-refractivity contribution in [2.24, 2.45) is 35.0 Å². The van der Waals surface area contributed by atoms with Gasteiger partial charge < -0.3 is 25.2 Å². The summed E-state index contributed by atoms with van der Waals surface area (Å²) in [6.45, 7) is 11.2. The van der Waals surface area contributed by atoms with Crippen LogP contribution in [0.4, 0.5) is 0 Å². The Morgan fingerprint density at radius 2 is 1.89 bits per heavy atom. The fourth-order valence-corrected chi connectivity index (χ4v) is 8.59. The molecule has 3 saturated carbocycles. The molecule has 200 valence electrons. The summed E-state index contributed by atoms with van der Waals surface area (Å²) in [5.41, 5.74) is 1.09. The Hall–Kier alpha value is -0.720. The molecule has 0 aromatic carbocycles. The smallest absolute Gasteiger partial charge is 0.0977 e. The second-order valence-corrected chi connectivity index (χ2v) is 13.2. The third kappa shape index (κ3) is 4.93. The van der Waals surface area contributed by atoms with Crippen LogP contribution in [0.1, 0.15) is 92.4 Å². The van der Waals surface area contributed by atoms with Gasteiger partial charge in [0.15, 0.2) is 0 Å². The first-order chi connectivity index (χ1) is 16.4. The van der Waals surface area contributed by atoms with E-state index in [-0.39, 0.29) is 23.9 Å². The van der Waals surface area contributed by atoms with Crippen molar-refractivity contribution in [3.8, 4) is 0 Å². The molecule has 5 heteroatoms. The predicted octanol–water partition coefficient (Wildman–Crippen LogP) is 4.77. The van der Waals surface area contributed by atoms with E-state index < -0.39 is 23.4 Å². The van der Waals surface area contributed by atoms with Gasteiger partial charge in [0.2, 0.25) is 0 Å². The molecule has 1 unspecified atom stereocenters. The van der Waals surface area contributed by atoms with E-state index in [1.54, 1.807) is 0 Å². The van der Waals surface area contributed by atoms with Crippen LogP contribution in [0.3, 0.4) is 0 Å². The standard InChI is InChI=1S/C30H50O5/c1-19(8-6-14-28(3,4)33)23-11-12-24-22-10-9-21-18-26(32)27(35-17-7-16-31)20(2)30(21,34)25(22)13-15-29(23,24)5/h9-10,19-20,23-27,31-34H,6-8,11-18H2,1-5H3/t19-,20-,23-,24?,25-,26-,27+,29-,30+/m1/s1. The molecule has 0 amide bonds. The second kappa shape index (κ2) is 10.2. The molecule has 5 nitrogen and oxygen atoms in total. The summed E-state index contributed by atoms with van der Waals surface area (Å²) in [5, 5.41) is 42.4. The van der Waals surface area contributed by atoms with Gasteiger partial charge in [-0.15, -0.1) is 0 Å². The third-order valence-corrected chi connectivity index (χ3v) is 10.5. The first kappa shape index (κ1) is 27.3. The minimum atomic E-state index is -0.967. The van der Waals surface area contributed by atoms with Crippen LogP contribution < -0.4 is 0 Å². The number of aliphatic hydroxyl groups excluding tert-OH is 2. The van der Waals surface area contributed by atoms with Crippen LogP contribution in [0.25, 0.3) is 0 Å². The Labute approximate surface area is 212 Å². The molecular formula is C30H50O5. The molecule has 4 aliphatic rings. The number of hydrogen-bond donors (Lipinski definition) is 4. The molecule has 0 bridgehead atoms. The molecule has 0 heterocycles. The van der Waals surface area contributed by atoms with Crippen molar-refractivity contribution in [2.75, 3.05) is 13.2 Å². The summed E-state index contributed by atoms with van der Waals surface area (Å²) < 4.78 is 6.02. The molecule has 9 atom stereocenters. The monoisotopic (exact) mass is 490 g/mol. The first-order valence-electron chi connectivity index (χ1n) is 14.2. The number of fused-ring (bicyclic) bond motifs is 5. The molecule has 0 aliphatic heterocycles. The summed E-state index contributed by atoms with van der Waals surface area (Å²) >= 11 is 0. The van der Waals surface area contributed by atoms with Crippen LogP contribution in [0.15, 0.2) is 23.3 Å². The van der Waals surface area contributed by atoms with Crippen molar-refractivity contribution in [3.63, 3.8) is 0 Å². The van der Waals surface area contributed by atoms with Crippen molar-refractivity contribution in [1.29, 1.82) is 0 Å². The lowest BCUT2D eigenvalue weighted by atomic mass is 9.51. The summed E-state index contributed by atoms with van der Waals surface area (Å²) in [5.74, 6) is 1.70. The van der Waals surface area contributed by atoms with Crippen molar-refractivity contribution < 1.29 is 25.2 Å². The van der Waals surface area contributed by atoms with Gasteiger partial charge >= 0.3 is 0 Å². The fourth-order valence-electron chi connectivity index (χ4n) is 8.59. The lowest BCUT2D eigenvalue weighted by Crippen LogP contribution is -2.61. The molecule has 0 aromatic rings. The van der Waals surface area contributed by atoms with Gasteiger partial charge in [0.1, 0.15) is 0 Å². The zero-order chi connectivity index (χ0) is 25.6. The quantitative estimate of drug-likeness (QED) is 0.350. The van der Waals surface area contributed by atoms with Gasteiger partial charge in [0.25, 0.3) is 0 Å². The van der Waals surface area contributed by atoms with E-state index in [2.05, 4.69) is 26.0 Å². The molecule has 4 rings (SSSR count). The van der Waals surface area contributed by atoms with Gasteiger partial charge in [-0.3, -0.25) is 0 Å². The zero-order valence-electron chi connectivity index (χ0n) is 22.7. The Bertz CT molecular complexity index is 812. The molecule has 0 saturated heterocycles. The number of allylic oxidation sites excluding steroid dienone is 2. The van der Waals surface area contributed by atoms with E-state index in [9.17, 15) is 15.3 Å². The van der Waals surface area contributed by atoms with Gasteiger partial charge in [-0.2, -0.15) is 0 Å². The normalized spacial score (nSPS) is 42.0. The Morgan fingerprint density at radius 1 is 1.14 bits per heavy atom. The van der Waals surface area contributed by atoms with E-state index in [0.29, 0.717) is 37.2 Å². The molecule has 0 radical (unpaired) electrons. The van der Waals surface area contributed by atoms with E-state index in [4.69, 9.17) is 9.84 Å². The second-order valence-electron chi connectivity index (χ2n) is 13.2. The number of rotatable bonds is 9. The summed E-state index contributed by atoms with van der Waals surface area (Å²) in [7, 11) is 0. The Balaban J connectivity index is 1.52. The summed E-state index contributed by atoms with van der Waals surface area (Å²) in [4.78, 5) is 0. The van der Waals surface area contributed by atoms with Crippen LogP contribution in [0.2, 0.25) is 0 Å². The first-order valence-corrected chi connectivity index (χ1v) is 14.2. The summed E-state index contributed by atoms with van der Waals surface area (Å²) in [6, 6.07) is 0. The van der Waals surface area contributed by atoms with Gasteiger partial charge in [0, 0.05) is 25.0 Å². The molecular weight excluding hydrogens is 440 g/mol. The SMILES string of the molecule is C[C@H](CCCC(C)(C)O)[C@H]1CCC2C3=CC=C4C[C@@H](O)[C@@H](OCCCO)[C@@H](C)[C@@]4(O)[C@@H]3CC[C@@]21C. The van der Waals surface area contributed by atoms with Gasteiger partial charge in [-0.25, -0.2) is 0 Å². The van der Waals surface area contributed by atoms with Crippen LogP contribution >= 0.6 is 0 Å². The largest absolute Gasteiger partial charge is 0.396 e. The molecule has 3 fully saturated rings. The van der Waals surface area contributed by atoms with Crippen LogP contribution in [0.5, 0.6) is 0 Å². The van der Waals surface area contributed by atoms with Crippen molar-refractivity contribution in [3.05, 3.63) is 23.3 Å². The predicted molar refractivity (Wildman–Crippen MR) is 139 cm³/mol. The highest BCUT2D eigenvalue weighted by Gasteiger charge is 2.61. The number of ether oxygens (including phenoxy) is 1. The van der Waals surface area contributed by atoms with Crippen molar-refractivity contribution >= 4 is 0 Å². The molecule has 0 aromatic heterocycles. The average molecular weight is 491 g/mol. The van der Waals surface area contributed by atoms with Crippen molar-refractivity contribution in [2.45, 2.75) is 116 Å². The highest BCUT2D eigenvalue weighted by atomic mass is 16.5. The maximum atomic E-state index is 12.3. The Morgan fingerprint density at radius 3 is 2.57 bits per heavy atom. The highest BCUT2D eigenvalue weighted by molar-refractivity contribution is 5.42. The highest BCUT2D eigenvalue weighted by Crippen LogP contribution is 2.65. The van der Waals surface area contributed by atoms with Crippen LogP contribution in [0, 0.1) is 35.0 Å². The van der Waals surface area contributed by atoms with Gasteiger partial charge in [-0.05, 0) is 87.5 Å². The van der Waals surface area contributed by atoms with E-state index >= 15 is 0 Å². The molecule has 0 spiro atoms.